The molecule has 1 saturated heterocycles. The van der Waals surface area contributed by atoms with Crippen molar-refractivity contribution in [1.29, 1.82) is 0 Å². The smallest absolute Gasteiger partial charge is 0.289 e. The third-order valence-corrected chi connectivity index (χ3v) is 5.89. The fraction of sp³-hybridized carbons (Fsp3) is 0.368. The van der Waals surface area contributed by atoms with Gasteiger partial charge in [-0.15, -0.1) is 0 Å². The number of hydrogen-bond acceptors (Lipinski definition) is 6. The maximum Gasteiger partial charge on any atom is 0.289 e. The van der Waals surface area contributed by atoms with Crippen LogP contribution in [0.25, 0.3) is 11.0 Å². The van der Waals surface area contributed by atoms with Crippen LogP contribution in [-0.2, 0) is 13.5 Å². The second kappa shape index (κ2) is 8.36. The Morgan fingerprint density at radius 3 is 2.71 bits per heavy atom. The molecule has 1 aromatic carbocycles. The molecular weight excluding hydrogens is 396 g/mol. The quantitative estimate of drug-likeness (QED) is 0.688. The van der Waals surface area contributed by atoms with E-state index in [4.69, 9.17) is 11.6 Å². The van der Waals surface area contributed by atoms with E-state index in [9.17, 15) is 4.79 Å². The van der Waals surface area contributed by atoms with Crippen LogP contribution in [0.3, 0.4) is 0 Å². The number of carbonyl (C=O) groups is 1. The predicted molar refractivity (Wildman–Crippen MR) is 113 cm³/mol. The fourth-order valence-electron chi connectivity index (χ4n) is 3.18. The molecule has 3 heterocycles. The zero-order valence-electron chi connectivity index (χ0n) is 15.6. The molecule has 7 nitrogen and oxygen atoms in total. The second-order valence-electron chi connectivity index (χ2n) is 6.61. The number of aromatic nitrogens is 4. The van der Waals surface area contributed by atoms with Gasteiger partial charge in [-0.05, 0) is 24.1 Å². The molecule has 0 saturated carbocycles. The van der Waals surface area contributed by atoms with Crippen molar-refractivity contribution >= 4 is 46.1 Å². The van der Waals surface area contributed by atoms with Gasteiger partial charge in [-0.2, -0.15) is 16.9 Å². The van der Waals surface area contributed by atoms with E-state index in [0.29, 0.717) is 23.6 Å². The second-order valence-corrected chi connectivity index (χ2v) is 8.27. The lowest BCUT2D eigenvalue weighted by molar-refractivity contribution is 0.0944. The normalized spacial score (nSPS) is 14.4. The minimum atomic E-state index is -0.273. The highest BCUT2D eigenvalue weighted by atomic mass is 35.5. The Morgan fingerprint density at radius 2 is 1.96 bits per heavy atom. The summed E-state index contributed by atoms with van der Waals surface area (Å²) in [4.78, 5) is 24.0. The number of hydrogen-bond donors (Lipinski definition) is 1. The van der Waals surface area contributed by atoms with E-state index in [1.807, 2.05) is 43.1 Å². The number of benzene rings is 1. The van der Waals surface area contributed by atoms with Gasteiger partial charge < -0.3 is 10.2 Å². The lowest BCUT2D eigenvalue weighted by atomic mass is 10.1. The van der Waals surface area contributed by atoms with E-state index in [1.54, 1.807) is 10.9 Å². The summed E-state index contributed by atoms with van der Waals surface area (Å²) in [6.45, 7) is 2.32. The molecule has 1 aliphatic rings. The topological polar surface area (TPSA) is 75.9 Å². The first kappa shape index (κ1) is 19.0. The van der Waals surface area contributed by atoms with Gasteiger partial charge in [0.05, 0.1) is 11.6 Å². The highest BCUT2D eigenvalue weighted by Gasteiger charge is 2.21. The summed E-state index contributed by atoms with van der Waals surface area (Å²) >= 11 is 7.84. The molecule has 1 N–H and O–H groups in total. The molecule has 1 amide bonds. The first-order chi connectivity index (χ1) is 13.6. The molecule has 0 atom stereocenters. The maximum atomic E-state index is 12.7. The Morgan fingerprint density at radius 1 is 1.21 bits per heavy atom. The summed E-state index contributed by atoms with van der Waals surface area (Å²) in [5.41, 5.74) is 1.78. The molecule has 4 rings (SSSR count). The third-order valence-electron chi connectivity index (χ3n) is 4.70. The number of carbonyl (C=O) groups excluding carboxylic acids is 1. The molecule has 9 heteroatoms. The molecule has 0 radical (unpaired) electrons. The monoisotopic (exact) mass is 416 g/mol. The number of rotatable bonds is 5. The van der Waals surface area contributed by atoms with E-state index >= 15 is 0 Å². The molecular formula is C19H21ClN6OS. The average molecular weight is 417 g/mol. The Bertz CT molecular complexity index is 984. The molecule has 1 fully saturated rings. The number of fused-ring (bicyclic) bond motifs is 1. The number of anilines is 1. The van der Waals surface area contributed by atoms with Gasteiger partial charge in [-0.25, -0.2) is 9.97 Å². The van der Waals surface area contributed by atoms with Gasteiger partial charge in [0, 0.05) is 43.2 Å². The van der Waals surface area contributed by atoms with Crippen LogP contribution in [0, 0.1) is 0 Å². The zero-order valence-corrected chi connectivity index (χ0v) is 17.1. The van der Waals surface area contributed by atoms with Crippen molar-refractivity contribution in [2.75, 3.05) is 36.0 Å². The fourth-order valence-corrected chi connectivity index (χ4v) is 4.20. The Hall–Kier alpha value is -2.32. The Kier molecular flexibility index (Phi) is 5.68. The van der Waals surface area contributed by atoms with E-state index in [1.165, 1.54) is 0 Å². The van der Waals surface area contributed by atoms with Crippen molar-refractivity contribution in [2.45, 2.75) is 6.42 Å². The van der Waals surface area contributed by atoms with Crippen molar-refractivity contribution in [3.8, 4) is 0 Å². The SMILES string of the molecule is Cn1ncc2c(N3CCSCC3)nc(C(=O)NCCc3ccc(Cl)cc3)nc21. The Balaban J connectivity index is 1.52. The van der Waals surface area contributed by atoms with Gasteiger partial charge in [0.25, 0.3) is 5.91 Å². The van der Waals surface area contributed by atoms with Crippen LogP contribution < -0.4 is 10.2 Å². The molecule has 0 aliphatic carbocycles. The molecule has 2 aromatic heterocycles. The maximum absolute atomic E-state index is 12.7. The van der Waals surface area contributed by atoms with E-state index in [0.717, 1.165) is 41.4 Å². The lowest BCUT2D eigenvalue weighted by Gasteiger charge is -2.27. The molecule has 1 aliphatic heterocycles. The molecule has 28 heavy (non-hydrogen) atoms. The molecule has 146 valence electrons. The van der Waals surface area contributed by atoms with Gasteiger partial charge in [-0.1, -0.05) is 23.7 Å². The molecule has 0 bridgehead atoms. The first-order valence-electron chi connectivity index (χ1n) is 9.17. The van der Waals surface area contributed by atoms with Crippen molar-refractivity contribution < 1.29 is 4.79 Å². The predicted octanol–water partition coefficient (Wildman–Crippen LogP) is 2.54. The van der Waals surface area contributed by atoms with Crippen LogP contribution in [0.1, 0.15) is 16.2 Å². The highest BCUT2D eigenvalue weighted by Crippen LogP contribution is 2.25. The summed E-state index contributed by atoms with van der Waals surface area (Å²) in [5.74, 6) is 2.80. The largest absolute Gasteiger partial charge is 0.354 e. The first-order valence-corrected chi connectivity index (χ1v) is 10.7. The number of nitrogens with one attached hydrogen (secondary N) is 1. The van der Waals surface area contributed by atoms with Crippen LogP contribution in [0.4, 0.5) is 5.82 Å². The standard InChI is InChI=1S/C19H21ClN6OS/c1-25-17-15(12-22-25)18(26-8-10-28-11-9-26)24-16(23-17)19(27)21-7-6-13-2-4-14(20)5-3-13/h2-5,12H,6-11H2,1H3,(H,21,27). The molecule has 3 aromatic rings. The number of amides is 1. The van der Waals surface area contributed by atoms with Crippen LogP contribution in [0.2, 0.25) is 5.02 Å². The summed E-state index contributed by atoms with van der Waals surface area (Å²) < 4.78 is 1.68. The highest BCUT2D eigenvalue weighted by molar-refractivity contribution is 7.99. The van der Waals surface area contributed by atoms with Gasteiger partial charge in [0.2, 0.25) is 5.82 Å². The lowest BCUT2D eigenvalue weighted by Crippen LogP contribution is -2.34. The van der Waals surface area contributed by atoms with Crippen LogP contribution >= 0.6 is 23.4 Å². The zero-order chi connectivity index (χ0) is 19.5. The van der Waals surface area contributed by atoms with Crippen molar-refractivity contribution in [2.24, 2.45) is 7.05 Å². The van der Waals surface area contributed by atoms with E-state index in [-0.39, 0.29) is 11.7 Å². The minimum absolute atomic E-state index is 0.181. The van der Waals surface area contributed by atoms with Crippen LogP contribution in [0.5, 0.6) is 0 Å². The average Bonchev–Trinajstić information content (AvgIpc) is 3.10. The summed E-state index contributed by atoms with van der Waals surface area (Å²) in [7, 11) is 1.83. The van der Waals surface area contributed by atoms with Gasteiger partial charge >= 0.3 is 0 Å². The number of aryl methyl sites for hydroxylation is 1. The van der Waals surface area contributed by atoms with Crippen molar-refractivity contribution in [3.05, 3.63) is 46.9 Å². The third kappa shape index (κ3) is 4.07. The van der Waals surface area contributed by atoms with Crippen molar-refractivity contribution in [3.63, 3.8) is 0 Å². The van der Waals surface area contributed by atoms with Crippen LogP contribution in [0.15, 0.2) is 30.5 Å². The van der Waals surface area contributed by atoms with Crippen LogP contribution in [-0.4, -0.2) is 56.8 Å². The van der Waals surface area contributed by atoms with Gasteiger partial charge in [0.1, 0.15) is 5.82 Å². The molecule has 0 unspecified atom stereocenters. The number of nitrogens with zero attached hydrogens (tertiary/aromatic N) is 5. The van der Waals surface area contributed by atoms with Gasteiger partial charge in [-0.3, -0.25) is 9.48 Å². The number of halogens is 1. The number of thioether (sulfide) groups is 1. The summed E-state index contributed by atoms with van der Waals surface area (Å²) in [5, 5.41) is 8.80. The summed E-state index contributed by atoms with van der Waals surface area (Å²) in [6.07, 6.45) is 2.49. The minimum Gasteiger partial charge on any atom is -0.354 e. The Labute approximate surface area is 172 Å². The summed E-state index contributed by atoms with van der Waals surface area (Å²) in [6, 6.07) is 7.61. The van der Waals surface area contributed by atoms with E-state index < -0.39 is 0 Å². The van der Waals surface area contributed by atoms with Crippen molar-refractivity contribution in [1.82, 2.24) is 25.1 Å². The van der Waals surface area contributed by atoms with Gasteiger partial charge in [0.15, 0.2) is 5.65 Å². The van der Waals surface area contributed by atoms with E-state index in [2.05, 4.69) is 25.3 Å². The molecule has 0 spiro atoms.